The van der Waals surface area contributed by atoms with Crippen LogP contribution in [-0.2, 0) is 33.5 Å². The number of hydrogen-bond acceptors (Lipinski definition) is 1. The van der Waals surface area contributed by atoms with Gasteiger partial charge in [-0.2, -0.15) is 0 Å². The Labute approximate surface area is 55.1 Å². The van der Waals surface area contributed by atoms with Crippen LogP contribution in [0.4, 0.5) is 0 Å². The van der Waals surface area contributed by atoms with Crippen molar-refractivity contribution >= 4 is 18.5 Å². The van der Waals surface area contributed by atoms with E-state index >= 15 is 0 Å². The molecule has 0 saturated carbocycles. The minimum atomic E-state index is -3.81. The maximum Gasteiger partial charge on any atom is 0.319 e. The molecule has 0 unspecified atom stereocenters. The second-order valence-electron chi connectivity index (χ2n) is 0.513. The normalized spacial score (nSPS) is 9.83. The van der Waals surface area contributed by atoms with Crippen molar-refractivity contribution in [3.05, 3.63) is 0 Å². The van der Waals surface area contributed by atoms with Crippen molar-refractivity contribution in [1.82, 2.24) is 0 Å². The standard InChI is InChI=1S/H3O3PS.Ti/c1-4(2,3)5;/h(H3,1,2,3,5);. The topological polar surface area (TPSA) is 60.7 Å². The molecule has 0 aromatic rings. The molecular formula is H3O3PSTi. The van der Waals surface area contributed by atoms with E-state index in [0.29, 0.717) is 0 Å². The summed E-state index contributed by atoms with van der Waals surface area (Å²) < 4.78 is 0. The zero-order chi connectivity index (χ0) is 4.50. The molecule has 6 heteroatoms. The van der Waals surface area contributed by atoms with Crippen LogP contribution in [0.3, 0.4) is 0 Å². The van der Waals surface area contributed by atoms with Gasteiger partial charge in [-0.3, -0.25) is 0 Å². The average Bonchev–Trinajstić information content (AvgIpc) is 0.722. The smallest absolute Gasteiger partial charge is 0.319 e. The Hall–Kier alpha value is 1.24. The SMILES string of the molecule is OP(O)(O)=S.[Ti]. The predicted octanol–water partition coefficient (Wildman–Crippen LogP) is -0.815. The molecule has 6 heavy (non-hydrogen) atoms. The summed E-state index contributed by atoms with van der Waals surface area (Å²) in [6, 6.07) is 0. The van der Waals surface area contributed by atoms with Crippen molar-refractivity contribution in [2.45, 2.75) is 0 Å². The van der Waals surface area contributed by atoms with E-state index in [1.807, 2.05) is 0 Å². The summed E-state index contributed by atoms with van der Waals surface area (Å²) in [6.07, 6.45) is 0. The molecule has 0 amide bonds. The zero-order valence-corrected chi connectivity index (χ0v) is 5.97. The predicted molar refractivity (Wildman–Crippen MR) is 20.9 cm³/mol. The van der Waals surface area contributed by atoms with Gasteiger partial charge >= 0.3 is 6.72 Å². The molecule has 0 fully saturated rings. The molecule has 0 aromatic heterocycles. The van der Waals surface area contributed by atoms with E-state index < -0.39 is 6.72 Å². The second-order valence-corrected chi connectivity index (χ2v) is 3.01. The van der Waals surface area contributed by atoms with Crippen LogP contribution in [0.2, 0.25) is 0 Å². The third kappa shape index (κ3) is 61.0. The molecule has 0 heterocycles. The molecule has 0 aliphatic carbocycles. The van der Waals surface area contributed by atoms with Gasteiger partial charge in [0.1, 0.15) is 0 Å². The molecule has 0 aliphatic heterocycles. The third-order valence-corrected chi connectivity index (χ3v) is 0. The maximum absolute atomic E-state index is 7.56. The van der Waals surface area contributed by atoms with Crippen LogP contribution in [0, 0.1) is 0 Å². The minimum Gasteiger partial charge on any atom is -0.325 e. The van der Waals surface area contributed by atoms with E-state index in [0.717, 1.165) is 0 Å². The van der Waals surface area contributed by atoms with Gasteiger partial charge in [-0.15, -0.1) is 0 Å². The van der Waals surface area contributed by atoms with Crippen molar-refractivity contribution < 1.29 is 36.4 Å². The van der Waals surface area contributed by atoms with Crippen LogP contribution >= 0.6 is 6.72 Å². The van der Waals surface area contributed by atoms with Crippen LogP contribution < -0.4 is 0 Å². The molecule has 0 saturated heterocycles. The van der Waals surface area contributed by atoms with Gasteiger partial charge in [0.15, 0.2) is 0 Å². The molecule has 0 aliphatic rings. The zero-order valence-electron chi connectivity index (χ0n) is 2.70. The van der Waals surface area contributed by atoms with Crippen LogP contribution in [0.25, 0.3) is 0 Å². The number of rotatable bonds is 0. The third-order valence-electron chi connectivity index (χ3n) is 0. The Morgan fingerprint density at radius 3 is 1.17 bits per heavy atom. The van der Waals surface area contributed by atoms with E-state index in [9.17, 15) is 0 Å². The fourth-order valence-corrected chi connectivity index (χ4v) is 0. The summed E-state index contributed by atoms with van der Waals surface area (Å²) in [5, 5.41) is 0. The molecule has 0 bridgehead atoms. The molecule has 3 N–H and O–H groups in total. The Balaban J connectivity index is 0. The Kier molecular flexibility index (Phi) is 5.60. The van der Waals surface area contributed by atoms with Crippen molar-refractivity contribution in [2.75, 3.05) is 0 Å². The average molecular weight is 162 g/mol. The van der Waals surface area contributed by atoms with E-state index in [4.69, 9.17) is 14.7 Å². The summed E-state index contributed by atoms with van der Waals surface area (Å²) in [6.45, 7) is -3.81. The van der Waals surface area contributed by atoms with E-state index in [2.05, 4.69) is 11.8 Å². The minimum absolute atomic E-state index is 0. The first kappa shape index (κ1) is 10.3. The van der Waals surface area contributed by atoms with E-state index in [1.165, 1.54) is 0 Å². The molecule has 3 nitrogen and oxygen atoms in total. The van der Waals surface area contributed by atoms with Crippen LogP contribution in [-0.4, -0.2) is 14.7 Å². The van der Waals surface area contributed by atoms with E-state index in [-0.39, 0.29) is 21.7 Å². The fraction of sp³-hybridized carbons (Fsp3) is 0. The largest absolute Gasteiger partial charge is 0.325 e. The van der Waals surface area contributed by atoms with Gasteiger partial charge < -0.3 is 14.7 Å². The van der Waals surface area contributed by atoms with Crippen molar-refractivity contribution in [1.29, 1.82) is 0 Å². The van der Waals surface area contributed by atoms with Crippen molar-refractivity contribution in [2.24, 2.45) is 0 Å². The van der Waals surface area contributed by atoms with Crippen LogP contribution in [0.1, 0.15) is 0 Å². The van der Waals surface area contributed by atoms with Gasteiger partial charge in [0, 0.05) is 21.7 Å². The van der Waals surface area contributed by atoms with Gasteiger partial charge in [0.2, 0.25) is 0 Å². The Morgan fingerprint density at radius 1 is 1.17 bits per heavy atom. The summed E-state index contributed by atoms with van der Waals surface area (Å²) in [5.41, 5.74) is 0. The number of hydrogen-bond donors (Lipinski definition) is 3. The Bertz CT molecular complexity index is 56.9. The first-order valence-corrected chi connectivity index (χ1v) is 3.44. The summed E-state index contributed by atoms with van der Waals surface area (Å²) >= 11 is 3.60. The van der Waals surface area contributed by atoms with E-state index in [1.54, 1.807) is 0 Å². The molecular weight excluding hydrogens is 159 g/mol. The molecule has 0 aromatic carbocycles. The summed E-state index contributed by atoms with van der Waals surface area (Å²) in [5.74, 6) is 0. The molecule has 0 radical (unpaired) electrons. The molecule has 36 valence electrons. The summed E-state index contributed by atoms with van der Waals surface area (Å²) in [7, 11) is 0. The molecule has 0 rings (SSSR count). The van der Waals surface area contributed by atoms with Crippen molar-refractivity contribution in [3.8, 4) is 0 Å². The first-order valence-electron chi connectivity index (χ1n) is 0.783. The molecule has 0 atom stereocenters. The Morgan fingerprint density at radius 2 is 1.17 bits per heavy atom. The maximum atomic E-state index is 7.56. The first-order chi connectivity index (χ1) is 2.00. The van der Waals surface area contributed by atoms with Crippen molar-refractivity contribution in [3.63, 3.8) is 0 Å². The monoisotopic (exact) mass is 162 g/mol. The quantitative estimate of drug-likeness (QED) is 0.322. The van der Waals surface area contributed by atoms with Gasteiger partial charge in [-0.05, 0) is 11.8 Å². The van der Waals surface area contributed by atoms with Gasteiger partial charge in [0.25, 0.3) is 0 Å². The van der Waals surface area contributed by atoms with Gasteiger partial charge in [-0.1, -0.05) is 0 Å². The second kappa shape index (κ2) is 3.27. The van der Waals surface area contributed by atoms with Gasteiger partial charge in [-0.25, -0.2) is 0 Å². The summed E-state index contributed by atoms with van der Waals surface area (Å²) in [4.78, 5) is 22.7. The van der Waals surface area contributed by atoms with Crippen LogP contribution in [0.15, 0.2) is 0 Å². The fourth-order valence-electron chi connectivity index (χ4n) is 0. The van der Waals surface area contributed by atoms with Crippen LogP contribution in [0.5, 0.6) is 0 Å². The van der Waals surface area contributed by atoms with Gasteiger partial charge in [0.05, 0.1) is 0 Å². The molecule has 0 spiro atoms.